The lowest BCUT2D eigenvalue weighted by Gasteiger charge is -2.10. The van der Waals surface area contributed by atoms with Crippen LogP contribution in [0.3, 0.4) is 0 Å². The van der Waals surface area contributed by atoms with Crippen molar-refractivity contribution >= 4 is 17.9 Å². The summed E-state index contributed by atoms with van der Waals surface area (Å²) in [5.41, 5.74) is 0.758. The van der Waals surface area contributed by atoms with E-state index >= 15 is 0 Å². The normalized spacial score (nSPS) is 18.5. The minimum absolute atomic E-state index is 0.109. The van der Waals surface area contributed by atoms with E-state index in [4.69, 9.17) is 10.2 Å². The van der Waals surface area contributed by atoms with Crippen molar-refractivity contribution in [3.05, 3.63) is 29.8 Å². The summed E-state index contributed by atoms with van der Waals surface area (Å²) in [6.07, 6.45) is 0.251. The second kappa shape index (κ2) is 4.97. The summed E-state index contributed by atoms with van der Waals surface area (Å²) in [6.45, 7) is -0.642. The molecule has 2 rings (SSSR count). The monoisotopic (exact) mass is 264 g/mol. The number of aromatic hydroxyl groups is 1. The first kappa shape index (κ1) is 12.9. The molecule has 3 N–H and O–H groups in total. The fourth-order valence-electron chi connectivity index (χ4n) is 1.87. The highest BCUT2D eigenvalue weighted by Crippen LogP contribution is 2.15. The van der Waals surface area contributed by atoms with E-state index in [0.29, 0.717) is 4.90 Å². The highest BCUT2D eigenvalue weighted by Gasteiger charge is 2.38. The number of phenolic OH excluding ortho intramolecular Hbond substituents is 1. The smallest absolute Gasteiger partial charge is 0.325 e. The maximum Gasteiger partial charge on any atom is 0.325 e. The highest BCUT2D eigenvalue weighted by atomic mass is 16.4. The number of carboxylic acids is 1. The van der Waals surface area contributed by atoms with Gasteiger partial charge < -0.3 is 15.5 Å². The molecule has 0 bridgehead atoms. The molecule has 1 unspecified atom stereocenters. The lowest BCUT2D eigenvalue weighted by Crippen LogP contribution is -2.36. The molecule has 1 atom stereocenters. The molecule has 0 aromatic heterocycles. The Hall–Kier alpha value is -2.57. The molecule has 0 saturated carbocycles. The predicted molar refractivity (Wildman–Crippen MR) is 63.5 cm³/mol. The van der Waals surface area contributed by atoms with Gasteiger partial charge in [0.05, 0.1) is 0 Å². The number of carbonyl (C=O) groups excluding carboxylic acids is 2. The third-order valence-corrected chi connectivity index (χ3v) is 2.78. The first-order chi connectivity index (χ1) is 8.97. The molecule has 0 spiro atoms. The molecule has 19 heavy (non-hydrogen) atoms. The molecule has 1 aliphatic heterocycles. The first-order valence-corrected chi connectivity index (χ1v) is 5.59. The minimum Gasteiger partial charge on any atom is -0.508 e. The topological polar surface area (TPSA) is 107 Å². The van der Waals surface area contributed by atoms with Gasteiger partial charge in [0.1, 0.15) is 18.3 Å². The van der Waals surface area contributed by atoms with E-state index in [9.17, 15) is 14.4 Å². The standard InChI is InChI=1S/C12H12N2O5/c15-8-3-1-7(2-4-8)5-9-11(18)14(6-10(16)17)12(19)13-9/h1-4,9,15H,5-6H2,(H,13,19)(H,16,17). The van der Waals surface area contributed by atoms with Gasteiger partial charge in [-0.05, 0) is 17.7 Å². The number of amides is 3. The van der Waals surface area contributed by atoms with Gasteiger partial charge in [0.25, 0.3) is 5.91 Å². The van der Waals surface area contributed by atoms with Crippen LogP contribution in [-0.2, 0) is 16.0 Å². The molecule has 0 radical (unpaired) electrons. The maximum absolute atomic E-state index is 11.9. The van der Waals surface area contributed by atoms with E-state index in [2.05, 4.69) is 5.32 Å². The van der Waals surface area contributed by atoms with Crippen molar-refractivity contribution in [2.24, 2.45) is 0 Å². The number of benzene rings is 1. The van der Waals surface area contributed by atoms with Crippen LogP contribution in [0.4, 0.5) is 4.79 Å². The van der Waals surface area contributed by atoms with E-state index in [-0.39, 0.29) is 12.2 Å². The molecule has 7 heteroatoms. The number of urea groups is 1. The van der Waals surface area contributed by atoms with Crippen molar-refractivity contribution < 1.29 is 24.6 Å². The third-order valence-electron chi connectivity index (χ3n) is 2.78. The number of nitrogens with one attached hydrogen (secondary N) is 1. The summed E-state index contributed by atoms with van der Waals surface area (Å²) >= 11 is 0. The van der Waals surface area contributed by atoms with Gasteiger partial charge in [-0.15, -0.1) is 0 Å². The Morgan fingerprint density at radius 3 is 2.47 bits per heavy atom. The molecule has 0 aliphatic carbocycles. The summed E-state index contributed by atoms with van der Waals surface area (Å²) in [5.74, 6) is -1.69. The molecule has 1 aromatic rings. The van der Waals surface area contributed by atoms with Crippen molar-refractivity contribution in [3.63, 3.8) is 0 Å². The van der Waals surface area contributed by atoms with Crippen LogP contribution in [0.5, 0.6) is 5.75 Å². The fourth-order valence-corrected chi connectivity index (χ4v) is 1.87. The van der Waals surface area contributed by atoms with Gasteiger partial charge in [0.2, 0.25) is 0 Å². The van der Waals surface area contributed by atoms with Crippen LogP contribution in [0.1, 0.15) is 5.56 Å². The van der Waals surface area contributed by atoms with Crippen LogP contribution >= 0.6 is 0 Å². The van der Waals surface area contributed by atoms with E-state index in [0.717, 1.165) is 5.56 Å². The quantitative estimate of drug-likeness (QED) is 0.660. The van der Waals surface area contributed by atoms with Gasteiger partial charge in [-0.3, -0.25) is 14.5 Å². The molecular formula is C12H12N2O5. The van der Waals surface area contributed by atoms with Crippen molar-refractivity contribution in [2.45, 2.75) is 12.5 Å². The number of nitrogens with zero attached hydrogens (tertiary/aromatic N) is 1. The van der Waals surface area contributed by atoms with Gasteiger partial charge in [-0.25, -0.2) is 4.79 Å². The van der Waals surface area contributed by atoms with Crippen molar-refractivity contribution in [1.29, 1.82) is 0 Å². The minimum atomic E-state index is -1.24. The summed E-state index contributed by atoms with van der Waals surface area (Å²) < 4.78 is 0. The third kappa shape index (κ3) is 2.82. The molecule has 7 nitrogen and oxygen atoms in total. The predicted octanol–water partition coefficient (Wildman–Crippen LogP) is -0.0603. The second-order valence-corrected chi connectivity index (χ2v) is 4.19. The Bertz CT molecular complexity index is 525. The van der Waals surface area contributed by atoms with Gasteiger partial charge in [-0.2, -0.15) is 0 Å². The van der Waals surface area contributed by atoms with E-state index in [1.807, 2.05) is 0 Å². The zero-order valence-corrected chi connectivity index (χ0v) is 9.87. The summed E-state index contributed by atoms with van der Waals surface area (Å²) in [4.78, 5) is 34.5. The molecular weight excluding hydrogens is 252 g/mol. The second-order valence-electron chi connectivity index (χ2n) is 4.19. The first-order valence-electron chi connectivity index (χ1n) is 5.59. The number of imide groups is 1. The van der Waals surface area contributed by atoms with Crippen LogP contribution in [0, 0.1) is 0 Å². The number of hydrogen-bond acceptors (Lipinski definition) is 4. The SMILES string of the molecule is O=C(O)CN1C(=O)NC(Cc2ccc(O)cc2)C1=O. The van der Waals surface area contributed by atoms with E-state index in [1.165, 1.54) is 12.1 Å². The van der Waals surface area contributed by atoms with Crippen LogP contribution in [-0.4, -0.2) is 45.6 Å². The Morgan fingerprint density at radius 1 is 1.26 bits per heavy atom. The van der Waals surface area contributed by atoms with Crippen LogP contribution < -0.4 is 5.32 Å². The van der Waals surface area contributed by atoms with Crippen molar-refractivity contribution in [3.8, 4) is 5.75 Å². The largest absolute Gasteiger partial charge is 0.508 e. The number of hydrogen-bond donors (Lipinski definition) is 3. The van der Waals surface area contributed by atoms with Crippen LogP contribution in [0.2, 0.25) is 0 Å². The molecule has 3 amide bonds. The van der Waals surface area contributed by atoms with Crippen molar-refractivity contribution in [1.82, 2.24) is 10.2 Å². The number of phenols is 1. The lowest BCUT2D eigenvalue weighted by atomic mass is 10.1. The van der Waals surface area contributed by atoms with Gasteiger partial charge in [0, 0.05) is 6.42 Å². The Kier molecular flexibility index (Phi) is 3.37. The number of carboxylic acid groups (broad SMARTS) is 1. The average molecular weight is 264 g/mol. The number of rotatable bonds is 4. The maximum atomic E-state index is 11.9. The summed E-state index contributed by atoms with van der Waals surface area (Å²) in [7, 11) is 0. The van der Waals surface area contributed by atoms with E-state index in [1.54, 1.807) is 12.1 Å². The Morgan fingerprint density at radius 2 is 1.89 bits per heavy atom. The molecule has 1 fully saturated rings. The molecule has 1 aliphatic rings. The Balaban J connectivity index is 2.06. The van der Waals surface area contributed by atoms with Gasteiger partial charge >= 0.3 is 12.0 Å². The van der Waals surface area contributed by atoms with E-state index < -0.39 is 30.5 Å². The molecule has 100 valence electrons. The molecule has 1 saturated heterocycles. The zero-order valence-electron chi connectivity index (χ0n) is 9.87. The number of aliphatic carboxylic acids is 1. The fraction of sp³-hybridized carbons (Fsp3) is 0.250. The van der Waals surface area contributed by atoms with Gasteiger partial charge in [0.15, 0.2) is 0 Å². The highest BCUT2D eigenvalue weighted by molar-refractivity contribution is 6.06. The molecule has 1 aromatic carbocycles. The van der Waals surface area contributed by atoms with Crippen LogP contribution in [0.25, 0.3) is 0 Å². The molecule has 1 heterocycles. The van der Waals surface area contributed by atoms with Gasteiger partial charge in [-0.1, -0.05) is 12.1 Å². The average Bonchev–Trinajstić information content (AvgIpc) is 2.60. The summed E-state index contributed by atoms with van der Waals surface area (Å²) in [6, 6.07) is 4.76. The van der Waals surface area contributed by atoms with Crippen molar-refractivity contribution in [2.75, 3.05) is 6.54 Å². The lowest BCUT2D eigenvalue weighted by molar-refractivity contribution is -0.141. The number of carbonyl (C=O) groups is 3. The van der Waals surface area contributed by atoms with Crippen LogP contribution in [0.15, 0.2) is 24.3 Å². The summed E-state index contributed by atoms with van der Waals surface area (Å²) in [5, 5.41) is 20.2. The Labute approximate surface area is 108 Å². The zero-order chi connectivity index (χ0) is 14.0.